The number of carbonyl (C=O) groups is 1. The molecule has 2 aliphatic heterocycles. The van der Waals surface area contributed by atoms with Gasteiger partial charge in [0.2, 0.25) is 0 Å². The molecule has 0 saturated carbocycles. The molecule has 0 bridgehead atoms. The molecule has 13 heteroatoms. The van der Waals surface area contributed by atoms with Gasteiger partial charge in [-0.2, -0.15) is 19.0 Å². The van der Waals surface area contributed by atoms with Crippen LogP contribution in [-0.4, -0.2) is 62.4 Å². The van der Waals surface area contributed by atoms with E-state index in [-0.39, 0.29) is 34.3 Å². The van der Waals surface area contributed by atoms with E-state index in [1.807, 2.05) is 18.2 Å². The lowest BCUT2D eigenvalue weighted by atomic mass is 9.94. The number of aromatic nitrogens is 5. The first-order valence-corrected chi connectivity index (χ1v) is 15.2. The topological polar surface area (TPSA) is 117 Å². The van der Waals surface area contributed by atoms with Crippen molar-refractivity contribution >= 4 is 23.0 Å². The van der Waals surface area contributed by atoms with Crippen molar-refractivity contribution < 1.29 is 27.8 Å². The Hall–Kier alpha value is -5.17. The Balaban J connectivity index is 1.24. The van der Waals surface area contributed by atoms with E-state index >= 15 is 0 Å². The third-order valence-corrected chi connectivity index (χ3v) is 8.00. The summed E-state index contributed by atoms with van der Waals surface area (Å²) in [7, 11) is 0. The molecule has 1 N–H and O–H groups in total. The molecule has 0 atom stereocenters. The molecule has 5 aromatic rings. The van der Waals surface area contributed by atoms with Gasteiger partial charge < -0.3 is 19.5 Å². The SMILES string of the molecule is CCCCC1=NCCc2ccc(Oc3ccc(OC(F)F)c(-c4nn(C5COC5)cc4NC(=O)c4cnn5cccnc45)c3)cc21. The average Bonchev–Trinajstić information content (AvgIpc) is 3.64. The maximum Gasteiger partial charge on any atom is 0.387 e. The van der Waals surface area contributed by atoms with Crippen molar-refractivity contribution in [2.75, 3.05) is 25.1 Å². The van der Waals surface area contributed by atoms with E-state index in [1.165, 1.54) is 22.3 Å². The number of halogens is 2. The van der Waals surface area contributed by atoms with Crippen molar-refractivity contribution in [2.24, 2.45) is 4.99 Å². The number of alkyl halides is 2. The number of anilines is 1. The largest absolute Gasteiger partial charge is 0.457 e. The second-order valence-electron chi connectivity index (χ2n) is 11.1. The van der Waals surface area contributed by atoms with Crippen LogP contribution >= 0.6 is 0 Å². The van der Waals surface area contributed by atoms with E-state index in [0.29, 0.717) is 30.4 Å². The van der Waals surface area contributed by atoms with Gasteiger partial charge in [-0.15, -0.1) is 0 Å². The number of aliphatic imine (C=N–C) groups is 1. The van der Waals surface area contributed by atoms with Gasteiger partial charge in [0.1, 0.15) is 28.5 Å². The van der Waals surface area contributed by atoms with E-state index < -0.39 is 12.5 Å². The van der Waals surface area contributed by atoms with Gasteiger partial charge in [-0.3, -0.25) is 14.5 Å². The van der Waals surface area contributed by atoms with Crippen LogP contribution in [0.5, 0.6) is 17.2 Å². The van der Waals surface area contributed by atoms with Gasteiger partial charge >= 0.3 is 6.61 Å². The molecule has 1 saturated heterocycles. The normalized spacial score (nSPS) is 14.6. The van der Waals surface area contributed by atoms with Crippen molar-refractivity contribution in [3.8, 4) is 28.5 Å². The predicted molar refractivity (Wildman–Crippen MR) is 166 cm³/mol. The number of benzene rings is 2. The highest BCUT2D eigenvalue weighted by Gasteiger charge is 2.27. The Morgan fingerprint density at radius 1 is 1.15 bits per heavy atom. The zero-order valence-corrected chi connectivity index (χ0v) is 25.0. The van der Waals surface area contributed by atoms with Crippen LogP contribution in [0.2, 0.25) is 0 Å². The van der Waals surface area contributed by atoms with E-state index in [9.17, 15) is 13.6 Å². The van der Waals surface area contributed by atoms with Crippen LogP contribution in [-0.2, 0) is 11.2 Å². The number of fused-ring (bicyclic) bond motifs is 2. The van der Waals surface area contributed by atoms with Crippen molar-refractivity contribution in [1.82, 2.24) is 24.4 Å². The summed E-state index contributed by atoms with van der Waals surface area (Å²) in [5.74, 6) is 0.359. The third kappa shape index (κ3) is 5.93. The van der Waals surface area contributed by atoms with Gasteiger partial charge in [0.05, 0.1) is 36.7 Å². The first-order valence-electron chi connectivity index (χ1n) is 15.2. The minimum atomic E-state index is -3.09. The zero-order valence-electron chi connectivity index (χ0n) is 25.0. The molecule has 2 aromatic carbocycles. The first-order chi connectivity index (χ1) is 22.5. The summed E-state index contributed by atoms with van der Waals surface area (Å²) >= 11 is 0. The summed E-state index contributed by atoms with van der Waals surface area (Å²) < 4.78 is 46.9. The molecule has 0 spiro atoms. The number of hydrogen-bond acceptors (Lipinski definition) is 8. The van der Waals surface area contributed by atoms with Crippen LogP contribution in [0.3, 0.4) is 0 Å². The fourth-order valence-electron chi connectivity index (χ4n) is 5.57. The number of nitrogens with one attached hydrogen (secondary N) is 1. The number of ether oxygens (including phenoxy) is 3. The average molecular weight is 628 g/mol. The van der Waals surface area contributed by atoms with Gasteiger partial charge in [0, 0.05) is 36.4 Å². The minimum Gasteiger partial charge on any atom is -0.457 e. The summed E-state index contributed by atoms with van der Waals surface area (Å²) in [6, 6.07) is 12.1. The van der Waals surface area contributed by atoms with Crippen molar-refractivity contribution in [2.45, 2.75) is 45.3 Å². The fourth-order valence-corrected chi connectivity index (χ4v) is 5.57. The highest BCUT2D eigenvalue weighted by molar-refractivity contribution is 6.09. The van der Waals surface area contributed by atoms with Crippen LogP contribution in [0.1, 0.15) is 53.7 Å². The first kappa shape index (κ1) is 29.5. The molecule has 0 aliphatic carbocycles. The molecule has 236 valence electrons. The highest BCUT2D eigenvalue weighted by atomic mass is 19.3. The molecule has 0 unspecified atom stereocenters. The summed E-state index contributed by atoms with van der Waals surface area (Å²) in [4.78, 5) is 22.5. The van der Waals surface area contributed by atoms with Gasteiger partial charge in [0.15, 0.2) is 5.65 Å². The van der Waals surface area contributed by atoms with Crippen LogP contribution in [0, 0.1) is 0 Å². The van der Waals surface area contributed by atoms with Gasteiger partial charge in [-0.1, -0.05) is 19.4 Å². The molecule has 1 amide bonds. The minimum absolute atomic E-state index is 0.0824. The maximum absolute atomic E-state index is 13.6. The number of unbranched alkanes of at least 4 members (excludes halogenated alkanes) is 1. The number of hydrogen-bond donors (Lipinski definition) is 1. The van der Waals surface area contributed by atoms with E-state index in [4.69, 9.17) is 24.3 Å². The number of carbonyl (C=O) groups excluding carboxylic acids is 1. The Bertz CT molecular complexity index is 1930. The van der Waals surface area contributed by atoms with Crippen molar-refractivity contribution in [3.63, 3.8) is 0 Å². The van der Waals surface area contributed by atoms with Crippen LogP contribution in [0.4, 0.5) is 14.5 Å². The smallest absolute Gasteiger partial charge is 0.387 e. The number of rotatable bonds is 11. The van der Waals surface area contributed by atoms with Crippen LogP contribution in [0.25, 0.3) is 16.9 Å². The van der Waals surface area contributed by atoms with Gasteiger partial charge in [-0.25, -0.2) is 9.50 Å². The van der Waals surface area contributed by atoms with Gasteiger partial charge in [0.25, 0.3) is 5.91 Å². The number of amides is 1. The molecular formula is C33H31F2N7O4. The molecule has 3 aromatic heterocycles. The van der Waals surface area contributed by atoms with E-state index in [2.05, 4.69) is 22.3 Å². The fraction of sp³-hybridized carbons (Fsp3) is 0.303. The zero-order chi connectivity index (χ0) is 31.6. The molecule has 46 heavy (non-hydrogen) atoms. The molecular weight excluding hydrogens is 596 g/mol. The second kappa shape index (κ2) is 12.7. The Morgan fingerprint density at radius 3 is 2.76 bits per heavy atom. The summed E-state index contributed by atoms with van der Waals surface area (Å²) in [5.41, 5.74) is 4.70. The molecule has 11 nitrogen and oxygen atoms in total. The van der Waals surface area contributed by atoms with Gasteiger partial charge in [-0.05, 0) is 61.2 Å². The predicted octanol–water partition coefficient (Wildman–Crippen LogP) is 6.35. The Kier molecular flexibility index (Phi) is 8.14. The summed E-state index contributed by atoms with van der Waals surface area (Å²) in [6.07, 6.45) is 10.2. The Labute approximate surface area is 262 Å². The van der Waals surface area contributed by atoms with Crippen molar-refractivity contribution in [3.05, 3.63) is 83.9 Å². The molecule has 1 fully saturated rings. The second-order valence-corrected chi connectivity index (χ2v) is 11.1. The van der Waals surface area contributed by atoms with Crippen LogP contribution in [0.15, 0.2) is 72.2 Å². The van der Waals surface area contributed by atoms with Crippen molar-refractivity contribution in [1.29, 1.82) is 0 Å². The lowest BCUT2D eigenvalue weighted by Crippen LogP contribution is -2.30. The standard InChI is InChI=1S/C33H31F2N7O4/c1-2-3-5-27-24-14-22(7-6-20(24)10-12-36-27)45-23-8-9-29(46-33(34)35)25(15-23)30-28(17-42(40-30)21-18-44-19-21)39-32(43)26-16-38-41-13-4-11-37-31(26)41/h4,6-9,11,13-17,21,33H,2-3,5,10,12,18-19H2,1H3,(H,39,43). The maximum atomic E-state index is 13.6. The highest BCUT2D eigenvalue weighted by Crippen LogP contribution is 2.40. The molecule has 0 radical (unpaired) electrons. The third-order valence-electron chi connectivity index (χ3n) is 8.00. The molecule has 5 heterocycles. The van der Waals surface area contributed by atoms with E-state index in [1.54, 1.807) is 41.5 Å². The lowest BCUT2D eigenvalue weighted by molar-refractivity contribution is -0.0495. The number of nitrogens with zero attached hydrogens (tertiary/aromatic N) is 6. The summed E-state index contributed by atoms with van der Waals surface area (Å²) in [5, 5.41) is 11.8. The monoisotopic (exact) mass is 627 g/mol. The quantitative estimate of drug-likeness (QED) is 0.182. The molecule has 7 rings (SSSR count). The van der Waals surface area contributed by atoms with Crippen LogP contribution < -0.4 is 14.8 Å². The van der Waals surface area contributed by atoms with E-state index in [0.717, 1.165) is 43.5 Å². The summed E-state index contributed by atoms with van der Waals surface area (Å²) in [6.45, 7) is 0.695. The lowest BCUT2D eigenvalue weighted by Gasteiger charge is -2.25. The Morgan fingerprint density at radius 2 is 1.98 bits per heavy atom. The molecule has 2 aliphatic rings.